The molecule has 1 aliphatic heterocycles. The summed E-state index contributed by atoms with van der Waals surface area (Å²) in [5.74, 6) is 0.236. The zero-order valence-electron chi connectivity index (χ0n) is 19.5. The van der Waals surface area contributed by atoms with E-state index in [-0.39, 0.29) is 0 Å². The maximum atomic E-state index is 12.2. The van der Waals surface area contributed by atoms with Gasteiger partial charge < -0.3 is 25.2 Å². The molecule has 1 aliphatic rings. The molecule has 0 amide bonds. The topological polar surface area (TPSA) is 82.6 Å². The number of aromatic nitrogens is 2. The number of halogens is 2. The van der Waals surface area contributed by atoms with Crippen molar-refractivity contribution in [3.8, 4) is 0 Å². The molecule has 4 rings (SSSR count). The lowest BCUT2D eigenvalue weighted by atomic mass is 10.1. The minimum atomic E-state index is -0.471. The first kappa shape index (κ1) is 25.0. The van der Waals surface area contributed by atoms with Gasteiger partial charge in [-0.05, 0) is 49.0 Å². The second-order valence-corrected chi connectivity index (χ2v) is 9.41. The fourth-order valence-corrected chi connectivity index (χ4v) is 4.31. The van der Waals surface area contributed by atoms with Crippen LogP contribution in [0.3, 0.4) is 0 Å². The Kier molecular flexibility index (Phi) is 7.90. The highest BCUT2D eigenvalue weighted by Gasteiger charge is 2.17. The van der Waals surface area contributed by atoms with Crippen LogP contribution in [0.2, 0.25) is 5.02 Å². The maximum absolute atomic E-state index is 12.2. The Hall–Kier alpha value is -3.14. The molecule has 1 aromatic heterocycles. The largest absolute Gasteiger partial charge is 0.465 e. The predicted molar refractivity (Wildman–Crippen MR) is 145 cm³/mol. The molecule has 1 saturated heterocycles. The monoisotopic (exact) mass is 556 g/mol. The van der Waals surface area contributed by atoms with Crippen molar-refractivity contribution in [2.75, 3.05) is 55.9 Å². The fourth-order valence-electron chi connectivity index (χ4n) is 3.81. The van der Waals surface area contributed by atoms with Crippen LogP contribution in [0, 0.1) is 0 Å². The molecule has 2 aromatic carbocycles. The van der Waals surface area contributed by atoms with E-state index < -0.39 is 5.97 Å². The zero-order valence-corrected chi connectivity index (χ0v) is 21.9. The number of hydrogen-bond donors (Lipinski definition) is 2. The van der Waals surface area contributed by atoms with Gasteiger partial charge >= 0.3 is 5.97 Å². The average molecular weight is 558 g/mol. The Balaban J connectivity index is 1.57. The molecule has 0 spiro atoms. The molecule has 10 heteroatoms. The second-order valence-electron chi connectivity index (χ2n) is 8.09. The maximum Gasteiger partial charge on any atom is 0.339 e. The van der Waals surface area contributed by atoms with Gasteiger partial charge in [-0.3, -0.25) is 0 Å². The van der Waals surface area contributed by atoms with Crippen LogP contribution < -0.4 is 15.5 Å². The van der Waals surface area contributed by atoms with Crippen LogP contribution in [0.15, 0.2) is 53.6 Å². The van der Waals surface area contributed by atoms with Gasteiger partial charge in [-0.25, -0.2) is 9.78 Å². The summed E-state index contributed by atoms with van der Waals surface area (Å²) in [6.07, 6.45) is 3.36. The van der Waals surface area contributed by atoms with Crippen LogP contribution in [0.25, 0.3) is 6.08 Å². The number of nitrogens with one attached hydrogen (secondary N) is 2. The number of esters is 1. The third-order valence-electron chi connectivity index (χ3n) is 5.73. The third kappa shape index (κ3) is 5.93. The molecule has 2 heterocycles. The van der Waals surface area contributed by atoms with Crippen molar-refractivity contribution >= 4 is 68.4 Å². The summed E-state index contributed by atoms with van der Waals surface area (Å²) < 4.78 is 5.67. The smallest absolute Gasteiger partial charge is 0.339 e. The van der Waals surface area contributed by atoms with Crippen molar-refractivity contribution in [1.29, 1.82) is 0 Å². The first-order chi connectivity index (χ1) is 16.9. The van der Waals surface area contributed by atoms with Crippen molar-refractivity contribution < 1.29 is 9.53 Å². The summed E-state index contributed by atoms with van der Waals surface area (Å²) in [7, 11) is 3.47. The molecule has 182 valence electrons. The minimum absolute atomic E-state index is 0.309. The molecule has 0 bridgehead atoms. The van der Waals surface area contributed by atoms with E-state index in [1.165, 1.54) is 13.3 Å². The second kappa shape index (κ2) is 11.1. The van der Waals surface area contributed by atoms with Crippen LogP contribution in [-0.4, -0.2) is 61.2 Å². The number of likely N-dealkylation sites (N-methyl/N-ethyl adjacent to an activating group) is 1. The molecular formula is C25H26BrClN6O2. The van der Waals surface area contributed by atoms with Gasteiger partial charge in [0, 0.05) is 42.0 Å². The van der Waals surface area contributed by atoms with Gasteiger partial charge in [0.25, 0.3) is 0 Å². The van der Waals surface area contributed by atoms with E-state index in [0.717, 1.165) is 47.6 Å². The molecule has 0 radical (unpaired) electrons. The molecule has 0 saturated carbocycles. The summed E-state index contributed by atoms with van der Waals surface area (Å²) in [4.78, 5) is 25.7. The highest BCUT2D eigenvalue weighted by atomic mass is 79.9. The standard InChI is InChI=1S/C25H26BrClN6O2/c1-4-16-13-18(6-8-22(16)33-11-9-32(2)10-12-33)29-25-28-15-20(27)23(31-25)30-21-14-17(26)5-7-19(21)24(34)35-3/h4-8,13-15H,1,9-12H2,2-3H3,(H2,28,29,30,31). The van der Waals surface area contributed by atoms with Gasteiger partial charge in [0.2, 0.25) is 5.95 Å². The Labute approximate surface area is 218 Å². The van der Waals surface area contributed by atoms with Crippen molar-refractivity contribution in [3.63, 3.8) is 0 Å². The minimum Gasteiger partial charge on any atom is -0.465 e. The number of anilines is 5. The van der Waals surface area contributed by atoms with E-state index in [0.29, 0.717) is 28.0 Å². The van der Waals surface area contributed by atoms with Gasteiger partial charge in [-0.15, -0.1) is 0 Å². The number of nitrogens with zero attached hydrogens (tertiary/aromatic N) is 4. The highest BCUT2D eigenvalue weighted by molar-refractivity contribution is 9.10. The summed E-state index contributed by atoms with van der Waals surface area (Å²) in [5, 5.41) is 6.66. The predicted octanol–water partition coefficient (Wildman–Crippen LogP) is 5.56. The van der Waals surface area contributed by atoms with E-state index in [9.17, 15) is 4.79 Å². The van der Waals surface area contributed by atoms with Crippen LogP contribution in [0.4, 0.5) is 28.8 Å². The molecular weight excluding hydrogens is 532 g/mol. The van der Waals surface area contributed by atoms with Crippen LogP contribution >= 0.6 is 27.5 Å². The molecule has 0 atom stereocenters. The number of rotatable bonds is 7. The summed E-state index contributed by atoms with van der Waals surface area (Å²) >= 11 is 9.78. The number of benzene rings is 2. The Morgan fingerprint density at radius 2 is 1.94 bits per heavy atom. The van der Waals surface area contributed by atoms with Gasteiger partial charge in [-0.2, -0.15) is 4.98 Å². The highest BCUT2D eigenvalue weighted by Crippen LogP contribution is 2.31. The van der Waals surface area contributed by atoms with E-state index in [4.69, 9.17) is 16.3 Å². The molecule has 3 aromatic rings. The molecule has 8 nitrogen and oxygen atoms in total. The lowest BCUT2D eigenvalue weighted by molar-refractivity contribution is 0.0602. The van der Waals surface area contributed by atoms with E-state index in [2.05, 4.69) is 66.0 Å². The van der Waals surface area contributed by atoms with Crippen molar-refractivity contribution in [1.82, 2.24) is 14.9 Å². The summed E-state index contributed by atoms with van der Waals surface area (Å²) in [6, 6.07) is 11.3. The average Bonchev–Trinajstić information content (AvgIpc) is 2.86. The molecule has 1 fully saturated rings. The summed E-state index contributed by atoms with van der Waals surface area (Å²) in [6.45, 7) is 8.00. The molecule has 0 unspecified atom stereocenters. The number of hydrogen-bond acceptors (Lipinski definition) is 8. The molecule has 0 aliphatic carbocycles. The van der Waals surface area contributed by atoms with E-state index in [1.54, 1.807) is 18.2 Å². The number of piperazine rings is 1. The lowest BCUT2D eigenvalue weighted by Crippen LogP contribution is -2.44. The van der Waals surface area contributed by atoms with E-state index in [1.807, 2.05) is 18.2 Å². The number of methoxy groups -OCH3 is 1. The van der Waals surface area contributed by atoms with Gasteiger partial charge in [0.1, 0.15) is 5.02 Å². The molecule has 2 N–H and O–H groups in total. The number of carbonyl (C=O) groups is 1. The van der Waals surface area contributed by atoms with Crippen molar-refractivity contribution in [2.45, 2.75) is 0 Å². The normalized spacial score (nSPS) is 13.9. The van der Waals surface area contributed by atoms with Crippen molar-refractivity contribution in [3.05, 3.63) is 69.8 Å². The molecule has 35 heavy (non-hydrogen) atoms. The Bertz CT molecular complexity index is 1250. The quantitative estimate of drug-likeness (QED) is 0.365. The van der Waals surface area contributed by atoms with Crippen LogP contribution in [0.5, 0.6) is 0 Å². The van der Waals surface area contributed by atoms with Crippen LogP contribution in [0.1, 0.15) is 15.9 Å². The van der Waals surface area contributed by atoms with Gasteiger partial charge in [-0.1, -0.05) is 40.2 Å². The zero-order chi connectivity index (χ0) is 24.9. The van der Waals surface area contributed by atoms with Crippen LogP contribution in [-0.2, 0) is 4.74 Å². The number of ether oxygens (including phenoxy) is 1. The first-order valence-corrected chi connectivity index (χ1v) is 12.2. The third-order valence-corrected chi connectivity index (χ3v) is 6.50. The van der Waals surface area contributed by atoms with E-state index >= 15 is 0 Å². The van der Waals surface area contributed by atoms with Crippen molar-refractivity contribution in [2.24, 2.45) is 0 Å². The SMILES string of the molecule is C=Cc1cc(Nc2ncc(Cl)c(Nc3cc(Br)ccc3C(=O)OC)n2)ccc1N1CCN(C)CC1. The first-order valence-electron chi connectivity index (χ1n) is 11.0. The van der Waals surface area contributed by atoms with Gasteiger partial charge in [0.15, 0.2) is 5.82 Å². The number of carbonyl (C=O) groups excluding carboxylic acids is 1. The fraction of sp³-hybridized carbons (Fsp3) is 0.240. The summed E-state index contributed by atoms with van der Waals surface area (Å²) in [5.41, 5.74) is 3.87. The lowest BCUT2D eigenvalue weighted by Gasteiger charge is -2.35. The Morgan fingerprint density at radius 1 is 1.17 bits per heavy atom. The van der Waals surface area contributed by atoms with Gasteiger partial charge in [0.05, 0.1) is 24.6 Å². The Morgan fingerprint density at radius 3 is 2.66 bits per heavy atom.